The van der Waals surface area contributed by atoms with Crippen LogP contribution in [0.2, 0.25) is 0 Å². The van der Waals surface area contributed by atoms with E-state index < -0.39 is 0 Å². The third-order valence-electron chi connectivity index (χ3n) is 6.67. The van der Waals surface area contributed by atoms with Crippen LogP contribution in [-0.4, -0.2) is 12.1 Å². The van der Waals surface area contributed by atoms with Crippen molar-refractivity contribution in [2.45, 2.75) is 98.6 Å². The molecule has 0 aliphatic heterocycles. The summed E-state index contributed by atoms with van der Waals surface area (Å²) in [5.74, 6) is 3.00. The Bertz CT molecular complexity index is 311. The van der Waals surface area contributed by atoms with E-state index in [4.69, 9.17) is 11.5 Å². The minimum atomic E-state index is 0.340. The monoisotopic (exact) mass is 310 g/mol. The molecule has 6 unspecified atom stereocenters. The van der Waals surface area contributed by atoms with Crippen molar-refractivity contribution in [1.82, 2.24) is 0 Å². The van der Waals surface area contributed by atoms with Gasteiger partial charge in [0.25, 0.3) is 0 Å². The summed E-state index contributed by atoms with van der Waals surface area (Å²) in [6.45, 7) is 14.1. The number of rotatable bonds is 8. The molecule has 1 aliphatic carbocycles. The van der Waals surface area contributed by atoms with Crippen LogP contribution in [-0.2, 0) is 0 Å². The van der Waals surface area contributed by atoms with Gasteiger partial charge in [-0.2, -0.15) is 0 Å². The molecule has 2 heteroatoms. The Morgan fingerprint density at radius 3 is 2.27 bits per heavy atom. The van der Waals surface area contributed by atoms with Gasteiger partial charge in [0.05, 0.1) is 0 Å². The van der Waals surface area contributed by atoms with E-state index in [0.717, 1.165) is 18.3 Å². The summed E-state index contributed by atoms with van der Waals surface area (Å²) in [6.07, 6.45) is 8.87. The first-order valence-electron chi connectivity index (χ1n) is 9.74. The zero-order valence-corrected chi connectivity index (χ0v) is 16.1. The molecule has 0 radical (unpaired) electrons. The lowest BCUT2D eigenvalue weighted by Crippen LogP contribution is -2.48. The summed E-state index contributed by atoms with van der Waals surface area (Å²) in [5.41, 5.74) is 13.0. The molecule has 0 aromatic heterocycles. The third-order valence-corrected chi connectivity index (χ3v) is 6.67. The predicted octanol–water partition coefficient (Wildman–Crippen LogP) is 4.96. The largest absolute Gasteiger partial charge is 0.328 e. The maximum atomic E-state index is 6.64. The maximum absolute atomic E-state index is 6.64. The number of nitrogens with two attached hydrogens (primary N) is 2. The van der Waals surface area contributed by atoms with Crippen LogP contribution in [0.1, 0.15) is 86.5 Å². The van der Waals surface area contributed by atoms with Crippen LogP contribution in [0.25, 0.3) is 0 Å². The van der Waals surface area contributed by atoms with Gasteiger partial charge in [0.15, 0.2) is 0 Å². The van der Waals surface area contributed by atoms with E-state index in [0.29, 0.717) is 29.3 Å². The molecule has 0 aromatic rings. The van der Waals surface area contributed by atoms with Gasteiger partial charge in [-0.05, 0) is 61.7 Å². The number of hydrogen-bond acceptors (Lipinski definition) is 2. The molecule has 1 aliphatic rings. The molecule has 2 nitrogen and oxygen atoms in total. The van der Waals surface area contributed by atoms with Gasteiger partial charge in [-0.15, -0.1) is 0 Å². The van der Waals surface area contributed by atoms with Gasteiger partial charge in [0.1, 0.15) is 0 Å². The van der Waals surface area contributed by atoms with E-state index in [2.05, 4.69) is 41.5 Å². The topological polar surface area (TPSA) is 52.0 Å². The molecule has 0 spiro atoms. The Morgan fingerprint density at radius 1 is 1.14 bits per heavy atom. The van der Waals surface area contributed by atoms with Gasteiger partial charge in [0.2, 0.25) is 0 Å². The SMILES string of the molecule is CCC(C)C1CC(C(C)(C)CCCC(C)N)CC(CC)C1N. The smallest absolute Gasteiger partial charge is 0.00982 e. The zero-order valence-electron chi connectivity index (χ0n) is 16.1. The summed E-state index contributed by atoms with van der Waals surface area (Å²) in [6, 6.07) is 0.753. The van der Waals surface area contributed by atoms with Crippen molar-refractivity contribution in [2.24, 2.45) is 40.6 Å². The van der Waals surface area contributed by atoms with Gasteiger partial charge in [0, 0.05) is 12.1 Å². The van der Waals surface area contributed by atoms with Gasteiger partial charge < -0.3 is 11.5 Å². The van der Waals surface area contributed by atoms with Crippen LogP contribution in [0, 0.1) is 29.1 Å². The zero-order chi connectivity index (χ0) is 16.9. The van der Waals surface area contributed by atoms with Crippen molar-refractivity contribution in [1.29, 1.82) is 0 Å². The van der Waals surface area contributed by atoms with Crippen LogP contribution >= 0.6 is 0 Å². The Kier molecular flexibility index (Phi) is 7.88. The molecule has 22 heavy (non-hydrogen) atoms. The van der Waals surface area contributed by atoms with Gasteiger partial charge in [-0.25, -0.2) is 0 Å². The minimum Gasteiger partial charge on any atom is -0.328 e. The van der Waals surface area contributed by atoms with Crippen LogP contribution < -0.4 is 11.5 Å². The van der Waals surface area contributed by atoms with E-state index in [1.54, 1.807) is 0 Å². The molecule has 0 bridgehead atoms. The average molecular weight is 311 g/mol. The van der Waals surface area contributed by atoms with Crippen LogP contribution in [0.4, 0.5) is 0 Å². The van der Waals surface area contributed by atoms with Crippen LogP contribution in [0.15, 0.2) is 0 Å². The van der Waals surface area contributed by atoms with E-state index >= 15 is 0 Å². The van der Waals surface area contributed by atoms with Gasteiger partial charge in [-0.1, -0.05) is 53.9 Å². The lowest BCUT2D eigenvalue weighted by Gasteiger charge is -2.48. The molecule has 1 saturated carbocycles. The molecule has 0 aromatic carbocycles. The summed E-state index contributed by atoms with van der Waals surface area (Å²) < 4.78 is 0. The first-order chi connectivity index (χ1) is 10.2. The van der Waals surface area contributed by atoms with E-state index in [1.165, 1.54) is 38.5 Å². The Hall–Kier alpha value is -0.0800. The molecule has 0 amide bonds. The first-order valence-corrected chi connectivity index (χ1v) is 9.74. The first kappa shape index (κ1) is 20.0. The van der Waals surface area contributed by atoms with E-state index in [9.17, 15) is 0 Å². The van der Waals surface area contributed by atoms with E-state index in [-0.39, 0.29) is 0 Å². The van der Waals surface area contributed by atoms with Gasteiger partial charge >= 0.3 is 0 Å². The molecular weight excluding hydrogens is 268 g/mol. The highest BCUT2D eigenvalue weighted by molar-refractivity contribution is 4.94. The van der Waals surface area contributed by atoms with E-state index in [1.807, 2.05) is 0 Å². The quantitative estimate of drug-likeness (QED) is 0.666. The second kappa shape index (κ2) is 8.68. The Labute approximate surface area is 139 Å². The van der Waals surface area contributed by atoms with Crippen LogP contribution in [0.5, 0.6) is 0 Å². The molecule has 132 valence electrons. The summed E-state index contributed by atoms with van der Waals surface area (Å²) >= 11 is 0. The van der Waals surface area contributed by atoms with Crippen molar-refractivity contribution < 1.29 is 0 Å². The normalized spacial score (nSPS) is 32.7. The highest BCUT2D eigenvalue weighted by Gasteiger charge is 2.42. The molecule has 0 saturated heterocycles. The average Bonchev–Trinajstić information content (AvgIpc) is 2.45. The molecular formula is C20H42N2. The minimum absolute atomic E-state index is 0.340. The highest BCUT2D eigenvalue weighted by atomic mass is 14.7. The fourth-order valence-corrected chi connectivity index (χ4v) is 4.53. The molecule has 0 heterocycles. The van der Waals surface area contributed by atoms with Crippen molar-refractivity contribution in [3.05, 3.63) is 0 Å². The van der Waals surface area contributed by atoms with Crippen molar-refractivity contribution in [3.63, 3.8) is 0 Å². The number of hydrogen-bond donors (Lipinski definition) is 2. The second-order valence-electron chi connectivity index (χ2n) is 8.82. The lowest BCUT2D eigenvalue weighted by atomic mass is 9.59. The molecule has 6 atom stereocenters. The van der Waals surface area contributed by atoms with Crippen molar-refractivity contribution in [2.75, 3.05) is 0 Å². The fourth-order valence-electron chi connectivity index (χ4n) is 4.53. The molecule has 1 rings (SSSR count). The third kappa shape index (κ3) is 5.23. The molecule has 1 fully saturated rings. The van der Waals surface area contributed by atoms with Crippen molar-refractivity contribution in [3.8, 4) is 0 Å². The molecule has 4 N–H and O–H groups in total. The lowest BCUT2D eigenvalue weighted by molar-refractivity contribution is 0.0417. The Morgan fingerprint density at radius 2 is 1.77 bits per heavy atom. The highest BCUT2D eigenvalue weighted by Crippen LogP contribution is 2.47. The summed E-state index contributed by atoms with van der Waals surface area (Å²) in [7, 11) is 0. The van der Waals surface area contributed by atoms with Crippen LogP contribution in [0.3, 0.4) is 0 Å². The predicted molar refractivity (Wildman–Crippen MR) is 98.7 cm³/mol. The maximum Gasteiger partial charge on any atom is 0.00982 e. The second-order valence-corrected chi connectivity index (χ2v) is 8.82. The summed E-state index contributed by atoms with van der Waals surface area (Å²) in [5, 5.41) is 0. The Balaban J connectivity index is 2.75. The summed E-state index contributed by atoms with van der Waals surface area (Å²) in [4.78, 5) is 0. The standard InChI is InChI=1S/C20H42N2/c1-7-14(3)18-13-17(12-16(8-2)19(18)22)20(5,6)11-9-10-15(4)21/h14-19H,7-13,21-22H2,1-6H3. The van der Waals surface area contributed by atoms with Gasteiger partial charge in [-0.3, -0.25) is 0 Å². The van der Waals surface area contributed by atoms with Crippen molar-refractivity contribution >= 4 is 0 Å². The fraction of sp³-hybridized carbons (Fsp3) is 1.00.